The van der Waals surface area contributed by atoms with Gasteiger partial charge in [0.15, 0.2) is 12.2 Å². The number of thioether (sulfide) groups is 1. The molecule has 4 N–H and O–H groups in total. The van der Waals surface area contributed by atoms with Crippen LogP contribution in [-0.2, 0) is 50.6 Å². The number of hydrogen-bond acceptors (Lipinski definition) is 10. The van der Waals surface area contributed by atoms with Gasteiger partial charge in [0.25, 0.3) is 5.56 Å². The second-order valence-corrected chi connectivity index (χ2v) is 14.6. The number of ether oxygens (including phenoxy) is 1. The molecule has 0 spiro atoms. The molecule has 59 heavy (non-hydrogen) atoms. The monoisotopic (exact) mass is 846 g/mol. The summed E-state index contributed by atoms with van der Waals surface area (Å²) in [5.41, 5.74) is 2.77. The molecule has 2 heterocycles. The van der Waals surface area contributed by atoms with Gasteiger partial charge in [-0.1, -0.05) is 48.5 Å². The molecule has 0 bridgehead atoms. The number of carbonyl (C=O) groups is 3. The van der Waals surface area contributed by atoms with Gasteiger partial charge in [-0.3, -0.25) is 9.59 Å². The van der Waals surface area contributed by atoms with Crippen molar-refractivity contribution >= 4 is 29.6 Å². The van der Waals surface area contributed by atoms with Gasteiger partial charge in [0.05, 0.1) is 24.3 Å². The van der Waals surface area contributed by atoms with Gasteiger partial charge in [-0.25, -0.2) is 18.7 Å². The molecule has 5 rings (SSSR count). The van der Waals surface area contributed by atoms with E-state index < -0.39 is 35.9 Å². The van der Waals surface area contributed by atoms with Crippen LogP contribution in [0.4, 0.5) is 17.6 Å². The number of carboxylic acids is 2. The summed E-state index contributed by atoms with van der Waals surface area (Å²) in [4.78, 5) is 51.4. The second kappa shape index (κ2) is 21.7. The average Bonchev–Trinajstić information content (AvgIpc) is 3.22. The molecule has 1 aliphatic rings. The number of aliphatic hydroxyl groups excluding tert-OH is 2. The van der Waals surface area contributed by atoms with E-state index in [1.54, 1.807) is 19.2 Å². The molecule has 2 atom stereocenters. The van der Waals surface area contributed by atoms with E-state index in [4.69, 9.17) is 25.2 Å². The number of aryl methyl sites for hydroxylation is 1. The third-order valence-corrected chi connectivity index (χ3v) is 10.7. The summed E-state index contributed by atoms with van der Waals surface area (Å²) in [6.07, 6.45) is -7.36. The Morgan fingerprint density at radius 3 is 1.95 bits per heavy atom. The van der Waals surface area contributed by atoms with E-state index >= 15 is 0 Å². The molecule has 0 aliphatic carbocycles. The fraction of sp³-hybridized carbons (Fsp3) is 0.390. The summed E-state index contributed by atoms with van der Waals surface area (Å²) in [5, 5.41) is 37.1. The molecular formula is C41H46F4N4O9S. The maximum atomic E-state index is 14.2. The van der Waals surface area contributed by atoms with Crippen molar-refractivity contribution < 1.29 is 57.1 Å². The smallest absolute Gasteiger partial charge is 0.416 e. The fourth-order valence-corrected chi connectivity index (χ4v) is 7.17. The second-order valence-electron chi connectivity index (χ2n) is 13.6. The predicted octanol–water partition coefficient (Wildman–Crippen LogP) is 4.94. The molecule has 0 radical (unpaired) electrons. The fourth-order valence-electron chi connectivity index (χ4n) is 6.19. The Morgan fingerprint density at radius 1 is 0.898 bits per heavy atom. The lowest BCUT2D eigenvalue weighted by molar-refractivity contribution is -0.165. The lowest BCUT2D eigenvalue weighted by atomic mass is 9.99. The molecule has 13 nitrogen and oxygen atoms in total. The van der Waals surface area contributed by atoms with E-state index in [0.29, 0.717) is 41.6 Å². The number of carboxylic acid groups (broad SMARTS) is 2. The molecule has 0 saturated carbocycles. The zero-order valence-corrected chi connectivity index (χ0v) is 33.2. The minimum Gasteiger partial charge on any atom is -0.479 e. The van der Waals surface area contributed by atoms with Gasteiger partial charge in [0, 0.05) is 62.6 Å². The van der Waals surface area contributed by atoms with Crippen molar-refractivity contribution in [1.29, 1.82) is 0 Å². The molecule has 1 amide bonds. The molecule has 3 aromatic carbocycles. The van der Waals surface area contributed by atoms with E-state index in [0.717, 1.165) is 61.3 Å². The molecule has 1 fully saturated rings. The number of aliphatic hydroxyl groups is 2. The minimum absolute atomic E-state index is 0.000439. The Kier molecular flexibility index (Phi) is 17.2. The zero-order valence-electron chi connectivity index (χ0n) is 32.3. The van der Waals surface area contributed by atoms with Crippen molar-refractivity contribution in [2.45, 2.75) is 74.4 Å². The third-order valence-electron chi connectivity index (χ3n) is 9.55. The number of aliphatic carboxylic acids is 2. The third kappa shape index (κ3) is 13.7. The largest absolute Gasteiger partial charge is 0.479 e. The lowest BCUT2D eigenvalue weighted by Crippen LogP contribution is -2.48. The Morgan fingerprint density at radius 2 is 1.44 bits per heavy atom. The molecule has 1 aromatic heterocycles. The summed E-state index contributed by atoms with van der Waals surface area (Å²) in [6.45, 7) is 5.63. The summed E-state index contributed by atoms with van der Waals surface area (Å²) >= 11 is 1.39. The maximum Gasteiger partial charge on any atom is 0.416 e. The van der Waals surface area contributed by atoms with Gasteiger partial charge in [0.2, 0.25) is 5.91 Å². The number of alkyl halides is 3. The maximum absolute atomic E-state index is 14.2. The normalized spacial score (nSPS) is 14.5. The van der Waals surface area contributed by atoms with Crippen molar-refractivity contribution in [3.8, 4) is 11.1 Å². The van der Waals surface area contributed by atoms with Gasteiger partial charge in [0.1, 0.15) is 5.82 Å². The number of methoxy groups -OCH3 is 1. The van der Waals surface area contributed by atoms with Crippen LogP contribution in [0.1, 0.15) is 42.1 Å². The number of aromatic nitrogens is 2. The number of amides is 1. The SMILES string of the molecule is CCn1nc(CC(=O)N(Cc2ccc(-c3ccc(C(F)(F)F)cc3)cc2)C2CCN(CCOC)CC2)c(SCc2ccc(F)cc2)cc1=O.O=C(O)C(O)C(O)C(=O)O. The number of piperidine rings is 1. The van der Waals surface area contributed by atoms with E-state index in [9.17, 15) is 36.7 Å². The van der Waals surface area contributed by atoms with Crippen molar-refractivity contribution in [1.82, 2.24) is 19.6 Å². The highest BCUT2D eigenvalue weighted by atomic mass is 32.2. The average molecular weight is 847 g/mol. The number of halogens is 4. The van der Waals surface area contributed by atoms with Crippen LogP contribution in [0.5, 0.6) is 0 Å². The highest BCUT2D eigenvalue weighted by Crippen LogP contribution is 2.32. The number of likely N-dealkylation sites (tertiary alicyclic amines) is 1. The van der Waals surface area contributed by atoms with E-state index in [2.05, 4.69) is 10.00 Å². The molecule has 318 valence electrons. The Hall–Kier alpha value is -5.14. The van der Waals surface area contributed by atoms with Crippen LogP contribution in [0.2, 0.25) is 0 Å². The van der Waals surface area contributed by atoms with Crippen LogP contribution in [0.25, 0.3) is 11.1 Å². The van der Waals surface area contributed by atoms with Crippen LogP contribution in [-0.4, -0.2) is 109 Å². The van der Waals surface area contributed by atoms with Crippen LogP contribution >= 0.6 is 11.8 Å². The van der Waals surface area contributed by atoms with E-state index in [1.807, 2.05) is 36.1 Å². The summed E-state index contributed by atoms with van der Waals surface area (Å²) in [7, 11) is 1.68. The van der Waals surface area contributed by atoms with Crippen molar-refractivity contribution in [3.63, 3.8) is 0 Å². The molecular weight excluding hydrogens is 801 g/mol. The zero-order chi connectivity index (χ0) is 43.3. The predicted molar refractivity (Wildman–Crippen MR) is 210 cm³/mol. The van der Waals surface area contributed by atoms with Gasteiger partial charge >= 0.3 is 18.1 Å². The molecule has 4 aromatic rings. The van der Waals surface area contributed by atoms with E-state index in [-0.39, 0.29) is 29.7 Å². The number of hydrogen-bond donors (Lipinski definition) is 4. The quantitative estimate of drug-likeness (QED) is 0.0883. The van der Waals surface area contributed by atoms with Gasteiger partial charge < -0.3 is 35.0 Å². The standard InChI is InChI=1S/C37H40F4N4O3S.C4H6O6/c1-3-45-36(47)23-34(49-25-27-6-14-31(38)15-7-27)33(42-45)22-35(46)44(32-16-18-43(19-17-32)20-21-48-2)24-26-4-8-28(9-5-26)29-10-12-30(13-11-29)37(39,40)41;5-1(3(7)8)2(6)4(9)10/h4-15,23,32H,3,16-22,24-25H2,1-2H3;1-2,5-6H,(H,7,8)(H,9,10). The van der Waals surface area contributed by atoms with Gasteiger partial charge in [-0.05, 0) is 66.3 Å². The molecule has 2 unspecified atom stereocenters. The molecule has 18 heteroatoms. The number of benzene rings is 3. The van der Waals surface area contributed by atoms with Crippen LogP contribution in [0.15, 0.2) is 88.6 Å². The first-order valence-electron chi connectivity index (χ1n) is 18.6. The lowest BCUT2D eigenvalue weighted by Gasteiger charge is -2.38. The van der Waals surface area contributed by atoms with E-state index in [1.165, 1.54) is 46.8 Å². The van der Waals surface area contributed by atoms with Crippen molar-refractivity contribution in [2.24, 2.45) is 0 Å². The first-order valence-corrected chi connectivity index (χ1v) is 19.6. The Bertz CT molecular complexity index is 2040. The Balaban J connectivity index is 0.000000680. The first-order chi connectivity index (χ1) is 28.0. The van der Waals surface area contributed by atoms with Crippen LogP contribution < -0.4 is 5.56 Å². The Labute approximate surface area is 341 Å². The van der Waals surface area contributed by atoms with Crippen LogP contribution in [0.3, 0.4) is 0 Å². The minimum atomic E-state index is -4.40. The van der Waals surface area contributed by atoms with Crippen molar-refractivity contribution in [3.05, 3.63) is 117 Å². The highest BCUT2D eigenvalue weighted by molar-refractivity contribution is 7.98. The molecule has 1 aliphatic heterocycles. The molecule has 1 saturated heterocycles. The number of carbonyl (C=O) groups excluding carboxylic acids is 1. The summed E-state index contributed by atoms with van der Waals surface area (Å²) in [6, 6.07) is 20.3. The van der Waals surface area contributed by atoms with Crippen molar-refractivity contribution in [2.75, 3.05) is 33.4 Å². The summed E-state index contributed by atoms with van der Waals surface area (Å²) in [5.74, 6) is -3.50. The van der Waals surface area contributed by atoms with Gasteiger partial charge in [-0.15, -0.1) is 11.8 Å². The van der Waals surface area contributed by atoms with Gasteiger partial charge in [-0.2, -0.15) is 18.3 Å². The topological polar surface area (TPSA) is 183 Å². The number of rotatable bonds is 16. The highest BCUT2D eigenvalue weighted by Gasteiger charge is 2.31. The summed E-state index contributed by atoms with van der Waals surface area (Å²) < 4.78 is 59.2. The first kappa shape index (κ1) is 46.5. The van der Waals surface area contributed by atoms with Crippen LogP contribution in [0, 0.1) is 5.82 Å². The number of nitrogens with zero attached hydrogens (tertiary/aromatic N) is 4.